The van der Waals surface area contributed by atoms with E-state index in [4.69, 9.17) is 0 Å². The molecule has 1 heterocycles. The molecule has 0 aliphatic rings. The van der Waals surface area contributed by atoms with Gasteiger partial charge in [0.1, 0.15) is 0 Å². The van der Waals surface area contributed by atoms with Crippen LogP contribution in [0, 0.1) is 5.92 Å². The molecule has 0 radical (unpaired) electrons. The van der Waals surface area contributed by atoms with Crippen LogP contribution in [-0.4, -0.2) is 28.7 Å². The van der Waals surface area contributed by atoms with Gasteiger partial charge in [0.2, 0.25) is 0 Å². The molecule has 98 valence electrons. The molecular formula is C14H25NOS. The quantitative estimate of drug-likeness (QED) is 0.807. The van der Waals surface area contributed by atoms with Crippen LogP contribution in [0.4, 0.5) is 0 Å². The Hall–Kier alpha value is -0.380. The van der Waals surface area contributed by atoms with Gasteiger partial charge in [-0.15, -0.1) is 11.3 Å². The molecule has 1 rings (SSSR count). The molecule has 0 atom stereocenters. The second kappa shape index (κ2) is 6.53. The summed E-state index contributed by atoms with van der Waals surface area (Å²) in [5.41, 5.74) is -0.617. The monoisotopic (exact) mass is 255 g/mol. The molecule has 3 heteroatoms. The van der Waals surface area contributed by atoms with Crippen molar-refractivity contribution in [2.24, 2.45) is 5.92 Å². The van der Waals surface area contributed by atoms with Crippen molar-refractivity contribution < 1.29 is 5.11 Å². The fraction of sp³-hybridized carbons (Fsp3) is 0.714. The topological polar surface area (TPSA) is 23.5 Å². The lowest BCUT2D eigenvalue weighted by Gasteiger charge is -2.29. The van der Waals surface area contributed by atoms with Gasteiger partial charge in [0.05, 0.1) is 5.60 Å². The van der Waals surface area contributed by atoms with Crippen LogP contribution in [0.25, 0.3) is 0 Å². The van der Waals surface area contributed by atoms with Gasteiger partial charge in [-0.2, -0.15) is 0 Å². The summed E-state index contributed by atoms with van der Waals surface area (Å²) in [5.74, 6) is 0.711. The summed E-state index contributed by atoms with van der Waals surface area (Å²) in [6, 6.07) is 4.25. The molecular weight excluding hydrogens is 230 g/mol. The highest BCUT2D eigenvalue weighted by atomic mass is 32.1. The van der Waals surface area contributed by atoms with Gasteiger partial charge in [-0.1, -0.05) is 19.9 Å². The first kappa shape index (κ1) is 14.7. The van der Waals surface area contributed by atoms with Crippen molar-refractivity contribution >= 4 is 11.3 Å². The van der Waals surface area contributed by atoms with E-state index in [-0.39, 0.29) is 0 Å². The third-order valence-corrected chi connectivity index (χ3v) is 3.45. The highest BCUT2D eigenvalue weighted by Gasteiger charge is 2.18. The Labute approximate surface area is 109 Å². The van der Waals surface area contributed by atoms with Crippen molar-refractivity contribution in [3.05, 3.63) is 22.4 Å². The van der Waals surface area contributed by atoms with Crippen LogP contribution < -0.4 is 0 Å². The van der Waals surface area contributed by atoms with Gasteiger partial charge in [-0.3, -0.25) is 4.90 Å². The number of rotatable bonds is 7. The van der Waals surface area contributed by atoms with E-state index in [1.165, 1.54) is 11.3 Å². The van der Waals surface area contributed by atoms with E-state index >= 15 is 0 Å². The van der Waals surface area contributed by atoms with Gasteiger partial charge in [0.15, 0.2) is 0 Å². The first-order chi connectivity index (χ1) is 7.87. The summed E-state index contributed by atoms with van der Waals surface area (Å²) in [6.07, 6.45) is 1.18. The summed E-state index contributed by atoms with van der Waals surface area (Å²) in [7, 11) is 0. The van der Waals surface area contributed by atoms with Crippen LogP contribution in [0.3, 0.4) is 0 Å². The number of hydrogen-bond acceptors (Lipinski definition) is 3. The van der Waals surface area contributed by atoms with Gasteiger partial charge in [-0.25, -0.2) is 0 Å². The second-order valence-electron chi connectivity index (χ2n) is 5.78. The number of aliphatic hydroxyl groups is 1. The van der Waals surface area contributed by atoms with Crippen LogP contribution in [0.2, 0.25) is 0 Å². The summed E-state index contributed by atoms with van der Waals surface area (Å²) in [5, 5.41) is 12.1. The number of nitrogens with zero attached hydrogens (tertiary/aromatic N) is 1. The van der Waals surface area contributed by atoms with E-state index < -0.39 is 5.60 Å². The molecule has 0 aliphatic heterocycles. The number of thiophene rings is 1. The van der Waals surface area contributed by atoms with Crippen molar-refractivity contribution in [1.29, 1.82) is 0 Å². The van der Waals surface area contributed by atoms with Crippen molar-refractivity contribution in [2.75, 3.05) is 13.1 Å². The van der Waals surface area contributed by atoms with Crippen molar-refractivity contribution in [3.63, 3.8) is 0 Å². The third-order valence-electron chi connectivity index (χ3n) is 2.59. The Morgan fingerprint density at radius 1 is 1.41 bits per heavy atom. The van der Waals surface area contributed by atoms with Crippen LogP contribution in [0.5, 0.6) is 0 Å². The Morgan fingerprint density at radius 3 is 2.59 bits per heavy atom. The minimum Gasteiger partial charge on any atom is -0.389 e. The SMILES string of the molecule is CC(C)CCN(Cc1cccs1)CC(C)(C)O. The Balaban J connectivity index is 2.52. The Morgan fingerprint density at radius 2 is 2.12 bits per heavy atom. The van der Waals surface area contributed by atoms with E-state index in [0.717, 1.165) is 19.6 Å². The molecule has 0 fully saturated rings. The lowest BCUT2D eigenvalue weighted by molar-refractivity contribution is 0.0323. The molecule has 17 heavy (non-hydrogen) atoms. The van der Waals surface area contributed by atoms with Crippen molar-refractivity contribution in [1.82, 2.24) is 4.90 Å². The van der Waals surface area contributed by atoms with E-state index in [1.807, 2.05) is 13.8 Å². The standard InChI is InChI=1S/C14H25NOS/c1-12(2)7-8-15(11-14(3,4)16)10-13-6-5-9-17-13/h5-6,9,12,16H,7-8,10-11H2,1-4H3. The van der Waals surface area contributed by atoms with Gasteiger partial charge in [0.25, 0.3) is 0 Å². The summed E-state index contributed by atoms with van der Waals surface area (Å²) in [6.45, 7) is 11.0. The fourth-order valence-electron chi connectivity index (χ4n) is 1.82. The maximum atomic E-state index is 9.94. The summed E-state index contributed by atoms with van der Waals surface area (Å²) >= 11 is 1.79. The third kappa shape index (κ3) is 6.81. The fourth-order valence-corrected chi connectivity index (χ4v) is 2.57. The zero-order valence-corrected chi connectivity index (χ0v) is 12.3. The van der Waals surface area contributed by atoms with E-state index in [1.54, 1.807) is 11.3 Å². The molecule has 1 N–H and O–H groups in total. The first-order valence-electron chi connectivity index (χ1n) is 6.34. The van der Waals surface area contributed by atoms with E-state index in [2.05, 4.69) is 36.3 Å². The predicted octanol–water partition coefficient (Wildman–Crippen LogP) is 3.37. The molecule has 2 nitrogen and oxygen atoms in total. The predicted molar refractivity (Wildman–Crippen MR) is 75.3 cm³/mol. The van der Waals surface area contributed by atoms with Crippen LogP contribution in [-0.2, 0) is 6.54 Å². The van der Waals surface area contributed by atoms with Gasteiger partial charge in [0, 0.05) is 18.0 Å². The first-order valence-corrected chi connectivity index (χ1v) is 7.22. The normalized spacial score (nSPS) is 12.6. The van der Waals surface area contributed by atoms with Gasteiger partial charge >= 0.3 is 0 Å². The van der Waals surface area contributed by atoms with E-state index in [0.29, 0.717) is 5.92 Å². The molecule has 0 bridgehead atoms. The molecule has 1 aromatic rings. The molecule has 0 saturated carbocycles. The molecule has 0 unspecified atom stereocenters. The Bertz CT molecular complexity index is 301. The molecule has 0 aliphatic carbocycles. The highest BCUT2D eigenvalue weighted by molar-refractivity contribution is 7.09. The molecule has 0 aromatic carbocycles. The number of hydrogen-bond donors (Lipinski definition) is 1. The summed E-state index contributed by atoms with van der Waals surface area (Å²) < 4.78 is 0. The Kier molecular flexibility index (Phi) is 5.63. The molecule has 0 spiro atoms. The maximum absolute atomic E-state index is 9.94. The van der Waals surface area contributed by atoms with Crippen molar-refractivity contribution in [2.45, 2.75) is 46.3 Å². The molecule has 1 aromatic heterocycles. The lowest BCUT2D eigenvalue weighted by Crippen LogP contribution is -2.38. The van der Waals surface area contributed by atoms with E-state index in [9.17, 15) is 5.11 Å². The van der Waals surface area contributed by atoms with Crippen LogP contribution in [0.15, 0.2) is 17.5 Å². The minimum absolute atomic E-state index is 0.617. The largest absolute Gasteiger partial charge is 0.389 e. The smallest absolute Gasteiger partial charge is 0.0718 e. The molecule has 0 saturated heterocycles. The van der Waals surface area contributed by atoms with Gasteiger partial charge < -0.3 is 5.11 Å². The van der Waals surface area contributed by atoms with Crippen LogP contribution in [0.1, 0.15) is 39.0 Å². The average molecular weight is 255 g/mol. The molecule has 0 amide bonds. The van der Waals surface area contributed by atoms with Gasteiger partial charge in [-0.05, 0) is 44.2 Å². The highest BCUT2D eigenvalue weighted by Crippen LogP contribution is 2.15. The lowest BCUT2D eigenvalue weighted by atomic mass is 10.1. The average Bonchev–Trinajstić information content (AvgIpc) is 2.64. The zero-order valence-electron chi connectivity index (χ0n) is 11.4. The zero-order chi connectivity index (χ0) is 12.9. The minimum atomic E-state index is -0.617. The summed E-state index contributed by atoms with van der Waals surface area (Å²) in [4.78, 5) is 3.73. The second-order valence-corrected chi connectivity index (χ2v) is 6.82. The maximum Gasteiger partial charge on any atom is 0.0718 e. The van der Waals surface area contributed by atoms with Crippen LogP contribution >= 0.6 is 11.3 Å². The van der Waals surface area contributed by atoms with Crippen molar-refractivity contribution in [3.8, 4) is 0 Å².